The zero-order chi connectivity index (χ0) is 24.3. The van der Waals surface area contributed by atoms with E-state index in [2.05, 4.69) is 4.74 Å². The summed E-state index contributed by atoms with van der Waals surface area (Å²) in [5, 5.41) is 11.0. The summed E-state index contributed by atoms with van der Waals surface area (Å²) in [7, 11) is -2.93. The van der Waals surface area contributed by atoms with Crippen LogP contribution in [0.25, 0.3) is 0 Å². The molecular formula is C18H16ClF3NO8P. The van der Waals surface area contributed by atoms with E-state index in [4.69, 9.17) is 25.4 Å². The fourth-order valence-electron chi connectivity index (χ4n) is 2.29. The molecule has 0 aliphatic rings. The largest absolute Gasteiger partial charge is 0.467 e. The molecule has 1 unspecified atom stereocenters. The smallest absolute Gasteiger partial charge is 0.416 e. The van der Waals surface area contributed by atoms with E-state index in [9.17, 15) is 32.6 Å². The van der Waals surface area contributed by atoms with Crippen LogP contribution in [0.15, 0.2) is 30.3 Å². The molecule has 0 radical (unpaired) electrons. The minimum atomic E-state index is -4.61. The lowest BCUT2D eigenvalue weighted by Crippen LogP contribution is -2.10. The van der Waals surface area contributed by atoms with Gasteiger partial charge in [0.25, 0.3) is 0 Å². The van der Waals surface area contributed by atoms with Gasteiger partial charge in [-0.1, -0.05) is 11.6 Å². The van der Waals surface area contributed by atoms with E-state index < -0.39 is 48.3 Å². The number of ether oxygens (including phenoxy) is 2. The highest BCUT2D eigenvalue weighted by molar-refractivity contribution is 7.53. The summed E-state index contributed by atoms with van der Waals surface area (Å²) >= 11 is 5.88. The van der Waals surface area contributed by atoms with Crippen LogP contribution in [-0.2, 0) is 24.8 Å². The summed E-state index contributed by atoms with van der Waals surface area (Å²) in [6.45, 7) is 1.69. The van der Waals surface area contributed by atoms with E-state index in [1.54, 1.807) is 0 Å². The molecule has 0 fully saturated rings. The third-order valence-electron chi connectivity index (χ3n) is 3.84. The number of nitro benzene ring substituents is 1. The first-order chi connectivity index (χ1) is 14.7. The number of benzene rings is 2. The van der Waals surface area contributed by atoms with Gasteiger partial charge in [0, 0.05) is 18.8 Å². The number of hydrogen-bond acceptors (Lipinski definition) is 8. The molecule has 0 bridgehead atoms. The lowest BCUT2D eigenvalue weighted by molar-refractivity contribution is -0.385. The Hall–Kier alpha value is -2.82. The van der Waals surface area contributed by atoms with E-state index in [-0.39, 0.29) is 22.1 Å². The maximum atomic E-state index is 12.8. The number of nitrogens with zero attached hydrogens (tertiary/aromatic N) is 1. The molecule has 0 aliphatic carbocycles. The van der Waals surface area contributed by atoms with Crippen molar-refractivity contribution in [1.29, 1.82) is 0 Å². The van der Waals surface area contributed by atoms with Gasteiger partial charge in [0.1, 0.15) is 11.5 Å². The number of nitro groups is 1. The van der Waals surface area contributed by atoms with Crippen molar-refractivity contribution in [3.63, 3.8) is 0 Å². The third kappa shape index (κ3) is 6.59. The Labute approximate surface area is 184 Å². The van der Waals surface area contributed by atoms with Gasteiger partial charge in [-0.3, -0.25) is 14.6 Å². The predicted octanol–water partition coefficient (Wildman–Crippen LogP) is 5.76. The van der Waals surface area contributed by atoms with Gasteiger partial charge >= 0.3 is 25.4 Å². The van der Waals surface area contributed by atoms with Gasteiger partial charge in [0.15, 0.2) is 6.61 Å². The first-order valence-corrected chi connectivity index (χ1v) is 10.9. The van der Waals surface area contributed by atoms with Gasteiger partial charge in [-0.2, -0.15) is 13.2 Å². The van der Waals surface area contributed by atoms with Crippen LogP contribution in [0, 0.1) is 17.0 Å². The van der Waals surface area contributed by atoms with E-state index in [1.807, 2.05) is 0 Å². The highest BCUT2D eigenvalue weighted by Crippen LogP contribution is 2.49. The molecule has 1 atom stereocenters. The summed E-state index contributed by atoms with van der Waals surface area (Å²) in [4.78, 5) is 21.7. The average molecular weight is 498 g/mol. The second kappa shape index (κ2) is 9.76. The van der Waals surface area contributed by atoms with Crippen LogP contribution in [-0.4, -0.2) is 31.3 Å². The molecule has 2 rings (SSSR count). The number of hydrogen-bond donors (Lipinski definition) is 0. The standard InChI is InChI=1S/C18H16ClF3NO8P/c1-10-6-13(23(25)26)16(31-32(3,27)29-9-17(24)28-2)8-15(10)30-14-5-4-11(7-12(14)19)18(20,21)22/h4-8H,9H2,1-3H3. The van der Waals surface area contributed by atoms with Crippen LogP contribution in [0.4, 0.5) is 18.9 Å². The van der Waals surface area contributed by atoms with Gasteiger partial charge in [0.2, 0.25) is 5.75 Å². The zero-order valence-electron chi connectivity index (χ0n) is 16.8. The molecule has 174 valence electrons. The lowest BCUT2D eigenvalue weighted by atomic mass is 10.1. The Balaban J connectivity index is 2.39. The Morgan fingerprint density at radius 2 is 1.84 bits per heavy atom. The Bertz CT molecular complexity index is 1090. The van der Waals surface area contributed by atoms with Crippen molar-refractivity contribution in [2.45, 2.75) is 13.1 Å². The first kappa shape index (κ1) is 25.4. The zero-order valence-corrected chi connectivity index (χ0v) is 18.4. The fourth-order valence-corrected chi connectivity index (χ4v) is 3.41. The molecule has 0 saturated heterocycles. The molecule has 2 aromatic carbocycles. The minimum Gasteiger partial charge on any atom is -0.467 e. The Morgan fingerprint density at radius 1 is 1.19 bits per heavy atom. The van der Waals surface area contributed by atoms with Crippen molar-refractivity contribution in [1.82, 2.24) is 0 Å². The van der Waals surface area contributed by atoms with Crippen molar-refractivity contribution < 1.29 is 46.0 Å². The highest BCUT2D eigenvalue weighted by Gasteiger charge is 2.31. The summed E-state index contributed by atoms with van der Waals surface area (Å²) < 4.78 is 70.7. The van der Waals surface area contributed by atoms with E-state index >= 15 is 0 Å². The quantitative estimate of drug-likeness (QED) is 0.196. The van der Waals surface area contributed by atoms with Crippen molar-refractivity contribution in [3.8, 4) is 17.2 Å². The van der Waals surface area contributed by atoms with Crippen LogP contribution >= 0.6 is 19.2 Å². The summed E-state index contributed by atoms with van der Waals surface area (Å²) in [5.41, 5.74) is -1.37. The number of alkyl halides is 3. The Morgan fingerprint density at radius 3 is 2.38 bits per heavy atom. The summed E-state index contributed by atoms with van der Waals surface area (Å²) in [6.07, 6.45) is -4.61. The SMILES string of the molecule is COC(=O)COP(C)(=O)Oc1cc(Oc2ccc(C(F)(F)F)cc2Cl)c(C)cc1[N+](=O)[O-]. The molecule has 0 heterocycles. The first-order valence-electron chi connectivity index (χ1n) is 8.55. The summed E-state index contributed by atoms with van der Waals surface area (Å²) in [6, 6.07) is 4.45. The van der Waals surface area contributed by atoms with Crippen molar-refractivity contribution in [2.75, 3.05) is 20.4 Å². The number of rotatable bonds is 8. The van der Waals surface area contributed by atoms with E-state index in [0.717, 1.165) is 38.0 Å². The van der Waals surface area contributed by atoms with E-state index in [0.29, 0.717) is 6.07 Å². The molecule has 9 nitrogen and oxygen atoms in total. The fraction of sp³-hybridized carbons (Fsp3) is 0.278. The average Bonchev–Trinajstić information content (AvgIpc) is 2.68. The molecule has 0 saturated carbocycles. The van der Waals surface area contributed by atoms with Crippen LogP contribution < -0.4 is 9.26 Å². The molecule has 0 aromatic heterocycles. The molecule has 0 N–H and O–H groups in total. The predicted molar refractivity (Wildman–Crippen MR) is 106 cm³/mol. The maximum Gasteiger partial charge on any atom is 0.416 e. The van der Waals surface area contributed by atoms with E-state index in [1.165, 1.54) is 6.92 Å². The number of aryl methyl sites for hydroxylation is 1. The maximum absolute atomic E-state index is 12.8. The topological polar surface area (TPSA) is 114 Å². The van der Waals surface area contributed by atoms with Crippen LogP contribution in [0.5, 0.6) is 17.2 Å². The molecule has 0 amide bonds. The van der Waals surface area contributed by atoms with Crippen molar-refractivity contribution in [2.24, 2.45) is 0 Å². The molecule has 2 aromatic rings. The third-order valence-corrected chi connectivity index (χ3v) is 5.26. The van der Waals surface area contributed by atoms with Crippen LogP contribution in [0.2, 0.25) is 5.02 Å². The molecule has 14 heteroatoms. The molecule has 32 heavy (non-hydrogen) atoms. The van der Waals surface area contributed by atoms with Crippen LogP contribution in [0.1, 0.15) is 11.1 Å². The minimum absolute atomic E-state index is 0.0692. The molecular weight excluding hydrogens is 482 g/mol. The van der Waals surface area contributed by atoms with Gasteiger partial charge in [-0.25, -0.2) is 9.36 Å². The second-order valence-electron chi connectivity index (χ2n) is 6.30. The summed E-state index contributed by atoms with van der Waals surface area (Å²) in [5.74, 6) is -1.60. The van der Waals surface area contributed by atoms with Gasteiger partial charge < -0.3 is 14.0 Å². The second-order valence-corrected chi connectivity index (χ2v) is 8.69. The van der Waals surface area contributed by atoms with Crippen molar-refractivity contribution in [3.05, 3.63) is 56.6 Å². The molecule has 0 spiro atoms. The molecule has 0 aliphatic heterocycles. The number of halogens is 4. The normalized spacial score (nSPS) is 13.2. The van der Waals surface area contributed by atoms with Gasteiger partial charge in [-0.15, -0.1) is 0 Å². The number of carbonyl (C=O) groups is 1. The highest BCUT2D eigenvalue weighted by atomic mass is 35.5. The lowest BCUT2D eigenvalue weighted by Gasteiger charge is -2.17. The number of esters is 1. The number of methoxy groups -OCH3 is 1. The Kier molecular flexibility index (Phi) is 7.76. The van der Waals surface area contributed by atoms with Crippen molar-refractivity contribution >= 4 is 30.9 Å². The van der Waals surface area contributed by atoms with Gasteiger partial charge in [0.05, 0.1) is 22.6 Å². The van der Waals surface area contributed by atoms with Crippen LogP contribution in [0.3, 0.4) is 0 Å². The number of carbonyl (C=O) groups excluding carboxylic acids is 1. The van der Waals surface area contributed by atoms with Gasteiger partial charge in [-0.05, 0) is 30.7 Å². The monoisotopic (exact) mass is 497 g/mol.